The summed E-state index contributed by atoms with van der Waals surface area (Å²) in [5.41, 5.74) is -0.0702. The number of amides is 1. The van der Waals surface area contributed by atoms with E-state index in [9.17, 15) is 20.0 Å². The van der Waals surface area contributed by atoms with Crippen LogP contribution in [0, 0.1) is 16.0 Å². The molecule has 1 N–H and O–H groups in total. The van der Waals surface area contributed by atoms with Crippen molar-refractivity contribution in [2.45, 2.75) is 31.3 Å². The molecule has 3 rings (SSSR count). The van der Waals surface area contributed by atoms with E-state index < -0.39 is 16.4 Å². The molecule has 1 aromatic carbocycles. The first kappa shape index (κ1) is 14.0. The lowest BCUT2D eigenvalue weighted by Crippen LogP contribution is -2.65. The molecular weight excluding hydrogens is 272 g/mol. The molecule has 1 unspecified atom stereocenters. The Morgan fingerprint density at radius 2 is 2.14 bits per heavy atom. The summed E-state index contributed by atoms with van der Waals surface area (Å²) < 4.78 is 0. The summed E-state index contributed by atoms with van der Waals surface area (Å²) >= 11 is 0. The van der Waals surface area contributed by atoms with Gasteiger partial charge in [0.1, 0.15) is 5.60 Å². The van der Waals surface area contributed by atoms with Crippen LogP contribution in [-0.4, -0.2) is 39.5 Å². The fraction of sp³-hybridized carbons (Fsp3) is 0.533. The zero-order valence-corrected chi connectivity index (χ0v) is 11.9. The Kier molecular flexibility index (Phi) is 3.20. The van der Waals surface area contributed by atoms with Gasteiger partial charge in [-0.2, -0.15) is 0 Å². The molecule has 0 aromatic heterocycles. The number of nitro groups is 1. The maximum atomic E-state index is 12.4. The van der Waals surface area contributed by atoms with E-state index in [-0.39, 0.29) is 11.6 Å². The van der Waals surface area contributed by atoms with Crippen LogP contribution in [0.2, 0.25) is 0 Å². The number of β-amino-alcohol motifs (C(OH)–C–C–N with tert-alkyl or cyclic N) is 1. The molecule has 0 bridgehead atoms. The van der Waals surface area contributed by atoms with Gasteiger partial charge in [-0.15, -0.1) is 0 Å². The molecule has 2 fully saturated rings. The van der Waals surface area contributed by atoms with Crippen LogP contribution in [0.4, 0.5) is 5.69 Å². The molecule has 1 aliphatic heterocycles. The highest BCUT2D eigenvalue weighted by Crippen LogP contribution is 2.45. The number of nitro benzene ring substituents is 1. The number of nitrogens with zero attached hydrogens (tertiary/aromatic N) is 2. The number of benzene rings is 1. The minimum Gasteiger partial charge on any atom is -0.386 e. The number of carbonyl (C=O) groups excluding carboxylic acids is 1. The van der Waals surface area contributed by atoms with Crippen molar-refractivity contribution in [2.24, 2.45) is 5.92 Å². The number of aliphatic hydroxyl groups is 1. The molecule has 6 nitrogen and oxygen atoms in total. The molecule has 21 heavy (non-hydrogen) atoms. The van der Waals surface area contributed by atoms with E-state index in [0.717, 1.165) is 12.8 Å². The van der Waals surface area contributed by atoms with Crippen LogP contribution in [0.3, 0.4) is 0 Å². The normalized spacial score (nSPS) is 21.5. The van der Waals surface area contributed by atoms with E-state index in [1.165, 1.54) is 12.1 Å². The van der Waals surface area contributed by atoms with Gasteiger partial charge in [-0.25, -0.2) is 0 Å². The number of carbonyl (C=O) groups is 1. The maximum Gasteiger partial charge on any atom is 0.269 e. The van der Waals surface area contributed by atoms with Crippen LogP contribution < -0.4 is 0 Å². The lowest BCUT2D eigenvalue weighted by atomic mass is 9.86. The van der Waals surface area contributed by atoms with Gasteiger partial charge < -0.3 is 10.0 Å². The van der Waals surface area contributed by atoms with E-state index in [0.29, 0.717) is 24.6 Å². The Hall–Kier alpha value is -1.95. The largest absolute Gasteiger partial charge is 0.386 e. The minimum atomic E-state index is -0.696. The molecule has 1 aromatic rings. The Morgan fingerprint density at radius 3 is 2.71 bits per heavy atom. The van der Waals surface area contributed by atoms with Gasteiger partial charge in [0.15, 0.2) is 0 Å². The molecule has 6 heteroatoms. The van der Waals surface area contributed by atoms with Gasteiger partial charge in [0.05, 0.1) is 23.9 Å². The lowest BCUT2D eigenvalue weighted by molar-refractivity contribution is -0.384. The highest BCUT2D eigenvalue weighted by atomic mass is 16.6. The van der Waals surface area contributed by atoms with E-state index in [1.807, 2.05) is 0 Å². The van der Waals surface area contributed by atoms with Crippen molar-refractivity contribution in [2.75, 3.05) is 13.1 Å². The maximum absolute atomic E-state index is 12.4. The average molecular weight is 290 g/mol. The van der Waals surface area contributed by atoms with E-state index in [1.54, 1.807) is 24.0 Å². The van der Waals surface area contributed by atoms with Gasteiger partial charge in [-0.3, -0.25) is 14.9 Å². The molecule has 1 saturated carbocycles. The number of non-ortho nitro benzene ring substituents is 1. The topological polar surface area (TPSA) is 83.7 Å². The van der Waals surface area contributed by atoms with Gasteiger partial charge >= 0.3 is 0 Å². The lowest BCUT2D eigenvalue weighted by Gasteiger charge is -2.47. The summed E-state index contributed by atoms with van der Waals surface area (Å²) in [5, 5.41) is 21.0. The Labute approximate surface area is 122 Å². The molecule has 1 atom stereocenters. The highest BCUT2D eigenvalue weighted by molar-refractivity contribution is 5.84. The van der Waals surface area contributed by atoms with Crippen LogP contribution in [0.1, 0.15) is 31.2 Å². The van der Waals surface area contributed by atoms with Crippen molar-refractivity contribution in [1.29, 1.82) is 0 Å². The molecule has 1 amide bonds. The second-order valence-corrected chi connectivity index (χ2v) is 6.15. The smallest absolute Gasteiger partial charge is 0.269 e. The Bertz CT molecular complexity index is 591. The van der Waals surface area contributed by atoms with Gasteiger partial charge in [-0.1, -0.05) is 12.1 Å². The summed E-state index contributed by atoms with van der Waals surface area (Å²) in [6, 6.07) is 6.17. The summed E-state index contributed by atoms with van der Waals surface area (Å²) in [5.74, 6) is -0.177. The van der Waals surface area contributed by atoms with Crippen molar-refractivity contribution in [3.8, 4) is 0 Å². The van der Waals surface area contributed by atoms with Crippen LogP contribution in [0.5, 0.6) is 0 Å². The van der Waals surface area contributed by atoms with E-state index in [2.05, 4.69) is 0 Å². The minimum absolute atomic E-state index is 0.00903. The third-order valence-electron chi connectivity index (χ3n) is 4.53. The fourth-order valence-corrected chi connectivity index (χ4v) is 2.97. The van der Waals surface area contributed by atoms with Crippen LogP contribution >= 0.6 is 0 Å². The van der Waals surface area contributed by atoms with Crippen molar-refractivity contribution in [1.82, 2.24) is 4.90 Å². The number of likely N-dealkylation sites (tertiary alicyclic amines) is 1. The standard InChI is InChI=1S/C15H18N2O4/c1-10(11-3-2-4-13(7-11)17(20)21)14(18)16-8-15(19,9-16)12-5-6-12/h2-4,7,10,12,19H,5-6,8-9H2,1H3. The summed E-state index contributed by atoms with van der Waals surface area (Å²) in [7, 11) is 0. The molecule has 1 saturated heterocycles. The summed E-state index contributed by atoms with van der Waals surface area (Å²) in [6.45, 7) is 2.52. The SMILES string of the molecule is CC(C(=O)N1CC(O)(C2CC2)C1)c1cccc([N+](=O)[O-])c1. The average Bonchev–Trinajstić information content (AvgIpc) is 3.27. The van der Waals surface area contributed by atoms with E-state index in [4.69, 9.17) is 0 Å². The highest BCUT2D eigenvalue weighted by Gasteiger charge is 2.53. The third kappa shape index (κ3) is 2.51. The van der Waals surface area contributed by atoms with Crippen LogP contribution in [0.15, 0.2) is 24.3 Å². The van der Waals surface area contributed by atoms with Gasteiger partial charge in [0, 0.05) is 12.1 Å². The molecule has 1 heterocycles. The number of hydrogen-bond donors (Lipinski definition) is 1. The van der Waals surface area contributed by atoms with Crippen molar-refractivity contribution < 1.29 is 14.8 Å². The van der Waals surface area contributed by atoms with Crippen molar-refractivity contribution >= 4 is 11.6 Å². The van der Waals surface area contributed by atoms with Gasteiger partial charge in [0.25, 0.3) is 5.69 Å². The zero-order chi connectivity index (χ0) is 15.2. The molecule has 0 spiro atoms. The molecule has 2 aliphatic rings. The summed E-state index contributed by atoms with van der Waals surface area (Å²) in [6.07, 6.45) is 2.08. The monoisotopic (exact) mass is 290 g/mol. The zero-order valence-electron chi connectivity index (χ0n) is 11.9. The molecule has 0 radical (unpaired) electrons. The van der Waals surface area contributed by atoms with Gasteiger partial charge in [0.2, 0.25) is 5.91 Å². The van der Waals surface area contributed by atoms with Crippen LogP contribution in [-0.2, 0) is 4.79 Å². The second-order valence-electron chi connectivity index (χ2n) is 6.15. The predicted molar refractivity (Wildman–Crippen MR) is 75.8 cm³/mol. The van der Waals surface area contributed by atoms with Crippen molar-refractivity contribution in [3.63, 3.8) is 0 Å². The number of hydrogen-bond acceptors (Lipinski definition) is 4. The third-order valence-corrected chi connectivity index (χ3v) is 4.53. The molecular formula is C15H18N2O4. The number of rotatable bonds is 4. The first-order valence-electron chi connectivity index (χ1n) is 7.16. The molecule has 1 aliphatic carbocycles. The first-order chi connectivity index (χ1) is 9.90. The fourth-order valence-electron chi connectivity index (χ4n) is 2.97. The Balaban J connectivity index is 1.68. The van der Waals surface area contributed by atoms with Gasteiger partial charge in [-0.05, 0) is 31.2 Å². The molecule has 112 valence electrons. The Morgan fingerprint density at radius 1 is 1.48 bits per heavy atom. The first-order valence-corrected chi connectivity index (χ1v) is 7.16. The van der Waals surface area contributed by atoms with Crippen LogP contribution in [0.25, 0.3) is 0 Å². The summed E-state index contributed by atoms with van der Waals surface area (Å²) in [4.78, 5) is 24.4. The quantitative estimate of drug-likeness (QED) is 0.675. The second kappa shape index (κ2) is 4.80. The predicted octanol–water partition coefficient (Wildman–Crippen LogP) is 1.68. The van der Waals surface area contributed by atoms with E-state index >= 15 is 0 Å². The van der Waals surface area contributed by atoms with Crippen molar-refractivity contribution in [3.05, 3.63) is 39.9 Å².